The van der Waals surface area contributed by atoms with Crippen LogP contribution in [0.3, 0.4) is 0 Å². The summed E-state index contributed by atoms with van der Waals surface area (Å²) in [5, 5.41) is 12.2. The number of fused-ring (bicyclic) bond motifs is 4. The molecule has 3 aromatic carbocycles. The van der Waals surface area contributed by atoms with E-state index in [1.165, 1.54) is 49.7 Å². The number of aryl methyl sites for hydroxylation is 2. The lowest BCUT2D eigenvalue weighted by molar-refractivity contribution is -0.660. The zero-order valence-corrected chi connectivity index (χ0v) is 22.2. The molecule has 3 heteroatoms. The zero-order chi connectivity index (χ0) is 25.8. The number of pyridine rings is 1. The highest BCUT2D eigenvalue weighted by Crippen LogP contribution is 2.49. The highest BCUT2D eigenvalue weighted by atomic mass is 16.3. The summed E-state index contributed by atoms with van der Waals surface area (Å²) in [5.41, 5.74) is 9.10. The van der Waals surface area contributed by atoms with E-state index < -0.39 is 0 Å². The minimum Gasteiger partial charge on any atom is -0.454 e. The first-order valence-corrected chi connectivity index (χ1v) is 14.1. The molecule has 0 aliphatic heterocycles. The lowest BCUT2D eigenvalue weighted by Gasteiger charge is -2.24. The Labute approximate surface area is 224 Å². The van der Waals surface area contributed by atoms with Gasteiger partial charge in [-0.3, -0.25) is 0 Å². The fourth-order valence-corrected chi connectivity index (χ4v) is 7.41. The number of nitrogens with zero attached hydrogens (tertiary/aromatic N) is 2. The lowest BCUT2D eigenvalue weighted by Crippen LogP contribution is -2.30. The molecule has 38 heavy (non-hydrogen) atoms. The minimum absolute atomic E-state index is 0.653. The van der Waals surface area contributed by atoms with E-state index in [2.05, 4.69) is 79.3 Å². The number of benzene rings is 3. The molecule has 2 fully saturated rings. The van der Waals surface area contributed by atoms with Gasteiger partial charge >= 0.3 is 0 Å². The van der Waals surface area contributed by atoms with E-state index in [1.807, 2.05) is 18.2 Å². The fraction of sp³-hybridized carbons (Fsp3) is 0.314. The number of hydrogen-bond acceptors (Lipinski definition) is 2. The van der Waals surface area contributed by atoms with Crippen LogP contribution in [-0.2, 0) is 7.05 Å². The maximum absolute atomic E-state index is 10.1. The van der Waals surface area contributed by atoms with E-state index in [9.17, 15) is 5.26 Å². The third-order valence-corrected chi connectivity index (χ3v) is 9.36. The topological polar surface area (TPSA) is 40.8 Å². The Bertz CT molecular complexity index is 1710. The highest BCUT2D eigenvalue weighted by molar-refractivity contribution is 6.14. The van der Waals surface area contributed by atoms with E-state index in [1.54, 1.807) is 0 Å². The van der Waals surface area contributed by atoms with Gasteiger partial charge in [0.25, 0.3) is 0 Å². The van der Waals surface area contributed by atoms with Gasteiger partial charge in [0, 0.05) is 28.5 Å². The van der Waals surface area contributed by atoms with Gasteiger partial charge in [-0.15, -0.1) is 0 Å². The molecule has 0 radical (unpaired) electrons. The van der Waals surface area contributed by atoms with Crippen molar-refractivity contribution in [3.05, 3.63) is 89.6 Å². The summed E-state index contributed by atoms with van der Waals surface area (Å²) in [6, 6.07) is 26.0. The minimum atomic E-state index is 0.653. The van der Waals surface area contributed by atoms with Crippen LogP contribution in [0.25, 0.3) is 44.3 Å². The molecule has 0 bridgehead atoms. The Morgan fingerprint density at radius 3 is 2.18 bits per heavy atom. The predicted molar refractivity (Wildman–Crippen MR) is 153 cm³/mol. The summed E-state index contributed by atoms with van der Waals surface area (Å²) in [6.45, 7) is 2.13. The van der Waals surface area contributed by atoms with Crippen molar-refractivity contribution in [2.24, 2.45) is 18.9 Å². The molecule has 2 saturated carbocycles. The predicted octanol–water partition coefficient (Wildman–Crippen LogP) is 8.61. The molecule has 2 aromatic heterocycles. The molecular weight excluding hydrogens is 464 g/mol. The van der Waals surface area contributed by atoms with Crippen LogP contribution in [0.4, 0.5) is 0 Å². The summed E-state index contributed by atoms with van der Waals surface area (Å²) in [4.78, 5) is 0. The first-order chi connectivity index (χ1) is 18.6. The molecule has 0 saturated heterocycles. The van der Waals surface area contributed by atoms with Crippen molar-refractivity contribution in [3.8, 4) is 28.5 Å². The standard InChI is InChI=1S/C35H33N2O/c1-22-10-16-29-30-17-15-27(21-36)33(35(30)38-34(29)32(22)31-9-5-6-18-37(31)2)24-13-11-23(12-14-24)28-19-25-7-3-4-8-26(25)20-28/h5-6,9-18,25-26,28H,3-4,7-8,19-20H2,1-2H3/q+1. The summed E-state index contributed by atoms with van der Waals surface area (Å²) in [7, 11) is 2.07. The van der Waals surface area contributed by atoms with Crippen LogP contribution >= 0.6 is 0 Å². The van der Waals surface area contributed by atoms with Gasteiger partial charge in [-0.1, -0.05) is 62.1 Å². The van der Waals surface area contributed by atoms with E-state index in [4.69, 9.17) is 4.42 Å². The van der Waals surface area contributed by atoms with Gasteiger partial charge in [0.15, 0.2) is 6.20 Å². The van der Waals surface area contributed by atoms with Crippen LogP contribution in [0.15, 0.2) is 77.3 Å². The molecule has 0 spiro atoms. The van der Waals surface area contributed by atoms with Crippen LogP contribution in [0.5, 0.6) is 0 Å². The first-order valence-electron chi connectivity index (χ1n) is 14.1. The molecule has 5 aromatic rings. The van der Waals surface area contributed by atoms with E-state index in [-0.39, 0.29) is 0 Å². The second kappa shape index (κ2) is 9.14. The maximum atomic E-state index is 10.1. The lowest BCUT2D eigenvalue weighted by atomic mass is 9.82. The molecule has 2 unspecified atom stereocenters. The second-order valence-corrected chi connectivity index (χ2v) is 11.5. The van der Waals surface area contributed by atoms with Gasteiger partial charge < -0.3 is 4.42 Å². The Morgan fingerprint density at radius 1 is 0.816 bits per heavy atom. The second-order valence-electron chi connectivity index (χ2n) is 11.5. The van der Waals surface area contributed by atoms with Gasteiger partial charge in [-0.05, 0) is 72.4 Å². The monoisotopic (exact) mass is 497 g/mol. The van der Waals surface area contributed by atoms with E-state index >= 15 is 0 Å². The molecule has 7 rings (SSSR count). The van der Waals surface area contributed by atoms with Crippen molar-refractivity contribution in [2.75, 3.05) is 0 Å². The molecule has 2 aliphatic rings. The summed E-state index contributed by atoms with van der Waals surface area (Å²) < 4.78 is 8.87. The van der Waals surface area contributed by atoms with E-state index in [0.717, 1.165) is 56.2 Å². The highest BCUT2D eigenvalue weighted by Gasteiger charge is 2.36. The molecule has 188 valence electrons. The Hall–Kier alpha value is -3.90. The van der Waals surface area contributed by atoms with Crippen molar-refractivity contribution in [1.29, 1.82) is 5.26 Å². The molecule has 2 atom stereocenters. The number of aromatic nitrogens is 1. The number of nitriles is 1. The fourth-order valence-electron chi connectivity index (χ4n) is 7.41. The summed E-state index contributed by atoms with van der Waals surface area (Å²) in [6.07, 6.45) is 10.4. The van der Waals surface area contributed by atoms with Crippen molar-refractivity contribution >= 4 is 21.9 Å². The quantitative estimate of drug-likeness (QED) is 0.234. The molecule has 0 amide bonds. The Balaban J connectivity index is 1.36. The van der Waals surface area contributed by atoms with Crippen molar-refractivity contribution < 1.29 is 8.98 Å². The smallest absolute Gasteiger partial charge is 0.216 e. The third-order valence-electron chi connectivity index (χ3n) is 9.36. The SMILES string of the molecule is Cc1ccc2c(oc3c(-c4ccc(C5CC6CCCCC6C5)cc4)c(C#N)ccc32)c1-c1cccc[n+]1C. The molecule has 0 N–H and O–H groups in total. The van der Waals surface area contributed by atoms with E-state index in [0.29, 0.717) is 11.5 Å². The summed E-state index contributed by atoms with van der Waals surface area (Å²) >= 11 is 0. The Morgan fingerprint density at radius 2 is 1.50 bits per heavy atom. The first kappa shape index (κ1) is 23.2. The zero-order valence-electron chi connectivity index (χ0n) is 22.2. The molecule has 3 nitrogen and oxygen atoms in total. The maximum Gasteiger partial charge on any atom is 0.216 e. The Kier molecular flexibility index (Phi) is 5.59. The van der Waals surface area contributed by atoms with Gasteiger partial charge in [-0.2, -0.15) is 5.26 Å². The van der Waals surface area contributed by atoms with Gasteiger partial charge in [-0.25, -0.2) is 4.57 Å². The van der Waals surface area contributed by atoms with Crippen LogP contribution in [0.1, 0.15) is 61.1 Å². The van der Waals surface area contributed by atoms with Crippen LogP contribution in [-0.4, -0.2) is 0 Å². The van der Waals surface area contributed by atoms with Crippen LogP contribution in [0.2, 0.25) is 0 Å². The number of furan rings is 1. The van der Waals surface area contributed by atoms with Gasteiger partial charge in [0.1, 0.15) is 18.2 Å². The summed E-state index contributed by atoms with van der Waals surface area (Å²) in [5.74, 6) is 2.52. The van der Waals surface area contributed by atoms with Crippen LogP contribution in [0, 0.1) is 30.1 Å². The molecule has 2 heterocycles. The molecule has 2 aliphatic carbocycles. The average molecular weight is 498 g/mol. The van der Waals surface area contributed by atoms with Crippen molar-refractivity contribution in [1.82, 2.24) is 0 Å². The number of hydrogen-bond donors (Lipinski definition) is 0. The van der Waals surface area contributed by atoms with Crippen molar-refractivity contribution in [3.63, 3.8) is 0 Å². The van der Waals surface area contributed by atoms with Crippen molar-refractivity contribution in [2.45, 2.75) is 51.4 Å². The van der Waals surface area contributed by atoms with Crippen LogP contribution < -0.4 is 4.57 Å². The largest absolute Gasteiger partial charge is 0.454 e. The number of rotatable bonds is 3. The van der Waals surface area contributed by atoms with Gasteiger partial charge in [0.05, 0.1) is 17.2 Å². The normalized spacial score (nSPS) is 21.0. The van der Waals surface area contributed by atoms with Gasteiger partial charge in [0.2, 0.25) is 5.69 Å². The average Bonchev–Trinajstić information content (AvgIpc) is 3.55. The third kappa shape index (κ3) is 3.66. The molecular formula is C35H33N2O+.